The molecule has 0 fully saturated rings. The Kier molecular flexibility index (Phi) is 4.31. The number of hydrogen-bond donors (Lipinski definition) is 3. The summed E-state index contributed by atoms with van der Waals surface area (Å²) in [5.74, 6) is -1.77. The molecule has 0 bridgehead atoms. The minimum atomic E-state index is -3.80. The van der Waals surface area contributed by atoms with E-state index in [9.17, 15) is 18.0 Å². The number of rotatable bonds is 3. The van der Waals surface area contributed by atoms with Crippen LogP contribution in [0.4, 0.5) is 10.8 Å². The van der Waals surface area contributed by atoms with Gasteiger partial charge in [-0.2, -0.15) is 0 Å². The Labute approximate surface area is 124 Å². The molecule has 0 aliphatic rings. The van der Waals surface area contributed by atoms with Gasteiger partial charge in [0.25, 0.3) is 0 Å². The molecular formula is C11H10N4O4S2. The van der Waals surface area contributed by atoms with Crippen molar-refractivity contribution in [2.75, 3.05) is 10.6 Å². The van der Waals surface area contributed by atoms with Gasteiger partial charge in [-0.15, -0.1) is 11.3 Å². The number of benzene rings is 1. The summed E-state index contributed by atoms with van der Waals surface area (Å²) in [6.45, 7) is 0. The summed E-state index contributed by atoms with van der Waals surface area (Å²) in [6.07, 6.45) is 1.49. The third kappa shape index (κ3) is 4.08. The summed E-state index contributed by atoms with van der Waals surface area (Å²) < 4.78 is 22.1. The SMILES string of the molecule is NS(=O)(=O)c1ccc(NC(=O)C(=O)Nc2nccs2)cc1. The van der Waals surface area contributed by atoms with Crippen LogP contribution in [0.2, 0.25) is 0 Å². The van der Waals surface area contributed by atoms with Gasteiger partial charge in [0, 0.05) is 17.3 Å². The van der Waals surface area contributed by atoms with Crippen LogP contribution in [-0.4, -0.2) is 25.2 Å². The van der Waals surface area contributed by atoms with E-state index in [1.165, 1.54) is 41.8 Å². The third-order valence-corrected chi connectivity index (χ3v) is 3.92. The molecule has 0 saturated carbocycles. The lowest BCUT2D eigenvalue weighted by molar-refractivity contribution is -0.132. The van der Waals surface area contributed by atoms with Gasteiger partial charge in [0.1, 0.15) is 0 Å². The highest BCUT2D eigenvalue weighted by Crippen LogP contribution is 2.13. The van der Waals surface area contributed by atoms with Crippen molar-refractivity contribution in [2.24, 2.45) is 5.14 Å². The maximum atomic E-state index is 11.6. The summed E-state index contributed by atoms with van der Waals surface area (Å²) in [5.41, 5.74) is 0.265. The van der Waals surface area contributed by atoms with Crippen LogP contribution < -0.4 is 15.8 Å². The van der Waals surface area contributed by atoms with E-state index in [0.717, 1.165) is 0 Å². The molecule has 0 atom stereocenters. The van der Waals surface area contributed by atoms with Gasteiger partial charge in [-0.3, -0.25) is 14.9 Å². The number of nitrogens with zero attached hydrogens (tertiary/aromatic N) is 1. The monoisotopic (exact) mass is 326 g/mol. The summed E-state index contributed by atoms with van der Waals surface area (Å²) in [6, 6.07) is 5.11. The standard InChI is InChI=1S/C11H10N4O4S2/c12-21(18,19)8-3-1-7(2-4-8)14-9(16)10(17)15-11-13-5-6-20-11/h1-6H,(H,14,16)(H2,12,18,19)(H,13,15,17). The molecule has 0 unspecified atom stereocenters. The number of sulfonamides is 1. The maximum Gasteiger partial charge on any atom is 0.315 e. The second-order valence-electron chi connectivity index (χ2n) is 3.81. The van der Waals surface area contributed by atoms with Crippen molar-refractivity contribution in [3.63, 3.8) is 0 Å². The van der Waals surface area contributed by atoms with Crippen molar-refractivity contribution in [3.8, 4) is 0 Å². The lowest BCUT2D eigenvalue weighted by Gasteiger charge is -2.05. The van der Waals surface area contributed by atoms with Crippen LogP contribution in [0.1, 0.15) is 0 Å². The third-order valence-electron chi connectivity index (χ3n) is 2.30. The van der Waals surface area contributed by atoms with Gasteiger partial charge < -0.3 is 5.32 Å². The number of aromatic nitrogens is 1. The molecule has 110 valence electrons. The van der Waals surface area contributed by atoms with Crippen molar-refractivity contribution >= 4 is 44.0 Å². The molecule has 1 aromatic heterocycles. The lowest BCUT2D eigenvalue weighted by Crippen LogP contribution is -2.29. The number of nitrogens with two attached hydrogens (primary N) is 1. The van der Waals surface area contributed by atoms with Crippen molar-refractivity contribution in [1.29, 1.82) is 0 Å². The first-order valence-corrected chi connectivity index (χ1v) is 7.93. The smallest absolute Gasteiger partial charge is 0.315 e. The van der Waals surface area contributed by atoms with Crippen LogP contribution in [0.25, 0.3) is 0 Å². The fraction of sp³-hybridized carbons (Fsp3) is 0. The zero-order valence-electron chi connectivity index (χ0n) is 10.4. The minimum absolute atomic E-state index is 0.0901. The van der Waals surface area contributed by atoms with Gasteiger partial charge >= 0.3 is 11.8 Å². The number of nitrogens with one attached hydrogen (secondary N) is 2. The van der Waals surface area contributed by atoms with Gasteiger partial charge in [0.05, 0.1) is 4.90 Å². The predicted molar refractivity (Wildman–Crippen MR) is 77.2 cm³/mol. The number of carbonyl (C=O) groups is 2. The van der Waals surface area contributed by atoms with Crippen LogP contribution in [0.3, 0.4) is 0 Å². The van der Waals surface area contributed by atoms with E-state index in [-0.39, 0.29) is 10.6 Å². The van der Waals surface area contributed by atoms with E-state index in [1.54, 1.807) is 5.38 Å². The number of anilines is 2. The first-order chi connectivity index (χ1) is 9.86. The van der Waals surface area contributed by atoms with E-state index in [0.29, 0.717) is 5.13 Å². The van der Waals surface area contributed by atoms with Crippen molar-refractivity contribution in [3.05, 3.63) is 35.8 Å². The van der Waals surface area contributed by atoms with Crippen molar-refractivity contribution < 1.29 is 18.0 Å². The number of carbonyl (C=O) groups excluding carboxylic acids is 2. The zero-order chi connectivity index (χ0) is 15.5. The molecule has 2 aromatic rings. The van der Waals surface area contributed by atoms with Crippen LogP contribution in [0.5, 0.6) is 0 Å². The molecule has 21 heavy (non-hydrogen) atoms. The molecule has 1 heterocycles. The second-order valence-corrected chi connectivity index (χ2v) is 6.27. The Balaban J connectivity index is 2.01. The zero-order valence-corrected chi connectivity index (χ0v) is 12.1. The highest BCUT2D eigenvalue weighted by molar-refractivity contribution is 7.89. The summed E-state index contributed by atoms with van der Waals surface area (Å²) in [4.78, 5) is 26.9. The van der Waals surface area contributed by atoms with Crippen LogP contribution in [0.15, 0.2) is 40.7 Å². The molecule has 0 aliphatic heterocycles. The van der Waals surface area contributed by atoms with Gasteiger partial charge in [0.15, 0.2) is 5.13 Å². The van der Waals surface area contributed by atoms with Crippen LogP contribution in [0, 0.1) is 0 Å². The highest BCUT2D eigenvalue weighted by atomic mass is 32.2. The quantitative estimate of drug-likeness (QED) is 0.701. The average molecular weight is 326 g/mol. The van der Waals surface area contributed by atoms with Gasteiger partial charge in [-0.25, -0.2) is 18.5 Å². The summed E-state index contributed by atoms with van der Waals surface area (Å²) in [5, 5.41) is 11.5. The fourth-order valence-electron chi connectivity index (χ4n) is 1.35. The maximum absolute atomic E-state index is 11.6. The minimum Gasteiger partial charge on any atom is -0.318 e. The van der Waals surface area contributed by atoms with Gasteiger partial charge in [-0.1, -0.05) is 0 Å². The van der Waals surface area contributed by atoms with E-state index in [2.05, 4.69) is 15.6 Å². The number of primary sulfonamides is 1. The van der Waals surface area contributed by atoms with E-state index in [1.807, 2.05) is 0 Å². The first kappa shape index (κ1) is 15.1. The van der Waals surface area contributed by atoms with Crippen LogP contribution in [-0.2, 0) is 19.6 Å². The molecule has 1 aromatic carbocycles. The number of thiazole rings is 1. The highest BCUT2D eigenvalue weighted by Gasteiger charge is 2.15. The average Bonchev–Trinajstić information content (AvgIpc) is 2.91. The second kappa shape index (κ2) is 5.99. The van der Waals surface area contributed by atoms with E-state index >= 15 is 0 Å². The largest absolute Gasteiger partial charge is 0.318 e. The molecule has 4 N–H and O–H groups in total. The Morgan fingerprint density at radius 3 is 2.24 bits per heavy atom. The predicted octanol–water partition coefficient (Wildman–Crippen LogP) is 0.368. The van der Waals surface area contributed by atoms with Crippen LogP contribution >= 0.6 is 11.3 Å². The van der Waals surface area contributed by atoms with Gasteiger partial charge in [0.2, 0.25) is 10.0 Å². The molecule has 0 aliphatic carbocycles. The molecule has 0 radical (unpaired) electrons. The van der Waals surface area contributed by atoms with Gasteiger partial charge in [-0.05, 0) is 24.3 Å². The topological polar surface area (TPSA) is 131 Å². The Bertz CT molecular complexity index is 754. The molecule has 2 rings (SSSR count). The van der Waals surface area contributed by atoms with Crippen molar-refractivity contribution in [2.45, 2.75) is 4.90 Å². The molecule has 0 saturated heterocycles. The lowest BCUT2D eigenvalue weighted by atomic mass is 10.3. The molecular weight excluding hydrogens is 316 g/mol. The summed E-state index contributed by atoms with van der Waals surface area (Å²) in [7, 11) is -3.80. The first-order valence-electron chi connectivity index (χ1n) is 5.51. The Morgan fingerprint density at radius 2 is 1.71 bits per heavy atom. The van der Waals surface area contributed by atoms with E-state index < -0.39 is 21.8 Å². The molecule has 0 spiro atoms. The Hall–Kier alpha value is -2.30. The molecule has 8 nitrogen and oxygen atoms in total. The fourth-order valence-corrected chi connectivity index (χ4v) is 2.39. The molecule has 10 heteroatoms. The molecule has 2 amide bonds. The Morgan fingerprint density at radius 1 is 1.10 bits per heavy atom. The van der Waals surface area contributed by atoms with E-state index in [4.69, 9.17) is 5.14 Å². The summed E-state index contributed by atoms with van der Waals surface area (Å²) >= 11 is 1.18. The van der Waals surface area contributed by atoms with Crippen molar-refractivity contribution in [1.82, 2.24) is 4.98 Å². The number of hydrogen-bond acceptors (Lipinski definition) is 6. The number of amides is 2. The normalized spacial score (nSPS) is 10.9.